The van der Waals surface area contributed by atoms with Crippen LogP contribution in [0, 0.1) is 10.8 Å². The predicted octanol–water partition coefficient (Wildman–Crippen LogP) is 16.4. The van der Waals surface area contributed by atoms with Crippen LogP contribution in [0.1, 0.15) is 85.9 Å². The van der Waals surface area contributed by atoms with Crippen molar-refractivity contribution >= 4 is 50.2 Å². The van der Waals surface area contributed by atoms with Crippen LogP contribution in [0.3, 0.4) is 0 Å². The summed E-state index contributed by atoms with van der Waals surface area (Å²) in [4.78, 5) is 0.203. The van der Waals surface area contributed by atoms with Gasteiger partial charge in [0.1, 0.15) is 23.0 Å². The topological polar surface area (TPSA) is 36.9 Å². The lowest BCUT2D eigenvalue weighted by Crippen LogP contribution is -2.44. The highest BCUT2D eigenvalue weighted by Crippen LogP contribution is 2.68. The van der Waals surface area contributed by atoms with E-state index in [1.54, 1.807) is 14.2 Å². The zero-order chi connectivity index (χ0) is 46.9. The number of benzene rings is 9. The number of hydrogen-bond donors (Lipinski definition) is 0. The highest BCUT2D eigenvalue weighted by Gasteiger charge is 2.56. The van der Waals surface area contributed by atoms with Gasteiger partial charge in [0.25, 0.3) is 0 Å². The van der Waals surface area contributed by atoms with Crippen LogP contribution < -0.4 is 18.9 Å². The molecule has 2 aliphatic carbocycles. The van der Waals surface area contributed by atoms with Crippen molar-refractivity contribution in [2.75, 3.05) is 14.2 Å². The van der Waals surface area contributed by atoms with E-state index in [0.29, 0.717) is 0 Å². The first-order chi connectivity index (χ1) is 33.4. The second-order valence-electron chi connectivity index (χ2n) is 21.3. The first-order valence-electron chi connectivity index (χ1n) is 24.2. The Balaban J connectivity index is 1.12. The molecule has 13 rings (SSSR count). The van der Waals surface area contributed by atoms with Crippen molar-refractivity contribution in [3.63, 3.8) is 0 Å². The van der Waals surface area contributed by atoms with Crippen LogP contribution in [0.5, 0.6) is 23.0 Å². The Bertz CT molecular complexity index is 3450. The van der Waals surface area contributed by atoms with Gasteiger partial charge in [-0.05, 0) is 122 Å². The minimum absolute atomic E-state index is 0.0889. The third-order valence-corrected chi connectivity index (χ3v) is 17.0. The Morgan fingerprint density at radius 2 is 1.04 bits per heavy atom. The average Bonchev–Trinajstić information content (AvgIpc) is 3.87. The van der Waals surface area contributed by atoms with Gasteiger partial charge in [0.2, 0.25) is 4.93 Å². The maximum atomic E-state index is 7.98. The smallest absolute Gasteiger partial charge is 0.211 e. The van der Waals surface area contributed by atoms with Crippen LogP contribution >= 0.6 is 11.8 Å². The monoisotopic (exact) mass is 918 g/mol. The van der Waals surface area contributed by atoms with E-state index in [9.17, 15) is 0 Å². The summed E-state index contributed by atoms with van der Waals surface area (Å²) in [5.41, 5.74) is 9.81. The van der Waals surface area contributed by atoms with Gasteiger partial charge in [0.15, 0.2) is 5.60 Å². The molecule has 1 spiro atoms. The van der Waals surface area contributed by atoms with E-state index < -0.39 is 10.5 Å². The molecule has 0 saturated heterocycles. The van der Waals surface area contributed by atoms with Crippen molar-refractivity contribution in [1.29, 1.82) is 0 Å². The van der Waals surface area contributed by atoms with Crippen molar-refractivity contribution in [1.82, 2.24) is 0 Å². The molecular formula is C64H54O4S. The fourth-order valence-corrected chi connectivity index (χ4v) is 15.1. The van der Waals surface area contributed by atoms with Crippen LogP contribution in [0.2, 0.25) is 0 Å². The van der Waals surface area contributed by atoms with E-state index >= 15 is 0 Å². The maximum Gasteiger partial charge on any atom is 0.211 e. The van der Waals surface area contributed by atoms with E-state index in [0.717, 1.165) is 80.4 Å². The van der Waals surface area contributed by atoms with Crippen molar-refractivity contribution in [3.8, 4) is 34.1 Å². The summed E-state index contributed by atoms with van der Waals surface area (Å²) in [7, 11) is 3.42. The molecule has 9 aromatic rings. The Kier molecular flexibility index (Phi) is 9.18. The highest BCUT2D eigenvalue weighted by molar-refractivity contribution is 8.00. The van der Waals surface area contributed by atoms with Gasteiger partial charge in [0, 0.05) is 38.6 Å². The minimum Gasteiger partial charge on any atom is -0.497 e. The summed E-state index contributed by atoms with van der Waals surface area (Å²) in [5, 5.41) is 6.93. The fraction of sp³-hybridized carbons (Fsp3) is 0.219. The Morgan fingerprint density at radius 3 is 1.64 bits per heavy atom. The number of rotatable bonds is 6. The van der Waals surface area contributed by atoms with Crippen LogP contribution in [0.25, 0.3) is 49.5 Å². The lowest BCUT2D eigenvalue weighted by molar-refractivity contribution is 0.0642. The van der Waals surface area contributed by atoms with Gasteiger partial charge in [-0.15, -0.1) is 0 Å². The molecular weight excluding hydrogens is 865 g/mol. The Morgan fingerprint density at radius 1 is 0.507 bits per heavy atom. The lowest BCUT2D eigenvalue weighted by atomic mass is 9.52. The summed E-state index contributed by atoms with van der Waals surface area (Å²) in [6.07, 6.45) is 7.93. The zero-order valence-electron chi connectivity index (χ0n) is 40.0. The Hall–Kier alpha value is -6.95. The zero-order valence-corrected chi connectivity index (χ0v) is 40.8. The SMILES string of the molecule is COc1ccc(C2(c3ccc(OC)cc3)C=Cc3c4c(c5cc6c(cc5c3O2)OC(c2cccc3ccccc23)(c2cccc3ccccc23)S6)-c2ccccc2C42CC(C)(C)CC(C)(C)C2)cc1. The molecule has 2 heterocycles. The van der Waals surface area contributed by atoms with Crippen molar-refractivity contribution < 1.29 is 18.9 Å². The number of methoxy groups -OCH3 is 2. The third-order valence-electron chi connectivity index (χ3n) is 15.7. The van der Waals surface area contributed by atoms with Gasteiger partial charge in [0.05, 0.1) is 19.1 Å². The molecule has 0 aromatic heterocycles. The number of ether oxygens (including phenoxy) is 4. The van der Waals surface area contributed by atoms with Crippen LogP contribution in [0.4, 0.5) is 0 Å². The van der Waals surface area contributed by atoms with Crippen LogP contribution in [-0.4, -0.2) is 14.2 Å². The predicted molar refractivity (Wildman–Crippen MR) is 283 cm³/mol. The molecule has 340 valence electrons. The van der Waals surface area contributed by atoms with Gasteiger partial charge >= 0.3 is 0 Å². The second kappa shape index (κ2) is 15.0. The quantitative estimate of drug-likeness (QED) is 0.166. The average molecular weight is 919 g/mol. The standard InChI is InChI=1S/C64H54O4S/c1-60(2)37-61(3,4)39-62(38-60)52-22-12-11-21-48(52)57-50-36-56-55(67-64(69-56,53-23-13-17-40-15-7-9-19-46(40)53)54-24-14-18-41-16-8-10-20-47(41)54)35-51(50)59-49(58(57)62)33-34-63(68-59,42-25-29-44(65-5)30-26-42)43-27-31-45(66-6)32-28-43/h7-36H,37-39H2,1-6H3. The molecule has 1 fully saturated rings. The molecule has 5 heteroatoms. The van der Waals surface area contributed by atoms with E-state index in [2.05, 4.69) is 185 Å². The number of fused-ring (bicyclic) bond motifs is 13. The van der Waals surface area contributed by atoms with E-state index in [1.807, 2.05) is 36.0 Å². The summed E-state index contributed by atoms with van der Waals surface area (Å²) in [6, 6.07) is 61.4. The molecule has 0 bridgehead atoms. The van der Waals surface area contributed by atoms with Gasteiger partial charge < -0.3 is 18.9 Å². The number of hydrogen-bond acceptors (Lipinski definition) is 5. The normalized spacial score (nSPS) is 18.2. The molecule has 0 radical (unpaired) electrons. The molecule has 9 aromatic carbocycles. The Labute approximate surface area is 408 Å². The maximum absolute atomic E-state index is 7.98. The van der Waals surface area contributed by atoms with Crippen molar-refractivity contribution in [2.24, 2.45) is 10.8 Å². The fourth-order valence-electron chi connectivity index (χ4n) is 13.7. The molecule has 0 amide bonds. The summed E-state index contributed by atoms with van der Waals surface area (Å²) in [6.45, 7) is 9.93. The van der Waals surface area contributed by atoms with E-state index in [1.165, 1.54) is 49.2 Å². The summed E-state index contributed by atoms with van der Waals surface area (Å²) >= 11 is 1.82. The highest BCUT2D eigenvalue weighted by atomic mass is 32.2. The minimum atomic E-state index is -0.985. The molecule has 4 aliphatic rings. The third kappa shape index (κ3) is 6.22. The molecule has 0 unspecified atom stereocenters. The first-order valence-corrected chi connectivity index (χ1v) is 25.1. The van der Waals surface area contributed by atoms with Gasteiger partial charge in [-0.25, -0.2) is 0 Å². The first kappa shape index (κ1) is 42.2. The summed E-state index contributed by atoms with van der Waals surface area (Å²) < 4.78 is 27.1. The molecule has 0 atom stereocenters. The molecule has 4 nitrogen and oxygen atoms in total. The molecule has 0 N–H and O–H groups in total. The number of thioether (sulfide) groups is 1. The van der Waals surface area contributed by atoms with E-state index in [-0.39, 0.29) is 16.2 Å². The second-order valence-corrected chi connectivity index (χ2v) is 22.5. The van der Waals surface area contributed by atoms with Crippen molar-refractivity contribution in [2.45, 2.75) is 67.8 Å². The van der Waals surface area contributed by atoms with Crippen molar-refractivity contribution in [3.05, 3.63) is 215 Å². The van der Waals surface area contributed by atoms with Gasteiger partial charge in [-0.3, -0.25) is 0 Å². The van der Waals surface area contributed by atoms with Gasteiger partial charge in [-0.2, -0.15) is 0 Å². The largest absolute Gasteiger partial charge is 0.497 e. The lowest BCUT2D eigenvalue weighted by Gasteiger charge is -2.52. The molecule has 69 heavy (non-hydrogen) atoms. The van der Waals surface area contributed by atoms with Crippen LogP contribution in [-0.2, 0) is 15.9 Å². The van der Waals surface area contributed by atoms with Gasteiger partial charge in [-0.1, -0.05) is 179 Å². The molecule has 1 saturated carbocycles. The summed E-state index contributed by atoms with van der Waals surface area (Å²) in [5.74, 6) is 3.30. The molecule has 2 aliphatic heterocycles. The van der Waals surface area contributed by atoms with E-state index in [4.69, 9.17) is 18.9 Å². The van der Waals surface area contributed by atoms with Crippen LogP contribution in [0.15, 0.2) is 181 Å².